The van der Waals surface area contributed by atoms with Crippen molar-refractivity contribution in [3.8, 4) is 0 Å². The monoisotopic (exact) mass is 374 g/mol. The molecule has 1 fully saturated rings. The van der Waals surface area contributed by atoms with Gasteiger partial charge in [0, 0.05) is 19.2 Å². The zero-order valence-corrected chi connectivity index (χ0v) is 15.5. The molecule has 8 heteroatoms. The molecule has 2 N–H and O–H groups in total. The standard InChI is InChI=1S/C19H26N4O4/c1-26-13-15-11-23(22-21-15)10-9-16-7-8-17(18(12-24)27-16)20-19(25)14-5-3-2-4-6-14/h2-6,11,16-18,24H,7-10,12-13H2,1H3,(H,20,25)/t16-,17-,18+/m0/s1. The number of ether oxygens (including phenoxy) is 2. The van der Waals surface area contributed by atoms with Crippen LogP contribution in [0.3, 0.4) is 0 Å². The molecule has 3 atom stereocenters. The average molecular weight is 374 g/mol. The Morgan fingerprint density at radius 2 is 2.19 bits per heavy atom. The lowest BCUT2D eigenvalue weighted by Crippen LogP contribution is -2.51. The molecule has 0 radical (unpaired) electrons. The van der Waals surface area contributed by atoms with Crippen molar-refractivity contribution in [3.63, 3.8) is 0 Å². The molecule has 1 saturated heterocycles. The first-order valence-corrected chi connectivity index (χ1v) is 9.19. The molecule has 0 unspecified atom stereocenters. The van der Waals surface area contributed by atoms with Crippen LogP contribution in [0.1, 0.15) is 35.3 Å². The molecule has 3 rings (SSSR count). The van der Waals surface area contributed by atoms with E-state index in [9.17, 15) is 9.90 Å². The molecule has 0 aliphatic carbocycles. The number of amides is 1. The summed E-state index contributed by atoms with van der Waals surface area (Å²) in [5, 5.41) is 20.8. The van der Waals surface area contributed by atoms with Gasteiger partial charge in [-0.15, -0.1) is 5.10 Å². The van der Waals surface area contributed by atoms with Gasteiger partial charge in [0.1, 0.15) is 11.8 Å². The minimum absolute atomic E-state index is 0.0158. The molecule has 146 valence electrons. The summed E-state index contributed by atoms with van der Waals surface area (Å²) < 4.78 is 12.8. The first-order chi connectivity index (χ1) is 13.2. The van der Waals surface area contributed by atoms with E-state index >= 15 is 0 Å². The largest absolute Gasteiger partial charge is 0.394 e. The summed E-state index contributed by atoms with van der Waals surface area (Å²) in [7, 11) is 1.62. The van der Waals surface area contributed by atoms with E-state index in [1.807, 2.05) is 24.4 Å². The molecule has 2 heterocycles. The van der Waals surface area contributed by atoms with Crippen LogP contribution in [-0.4, -0.2) is 58.0 Å². The van der Waals surface area contributed by atoms with Crippen molar-refractivity contribution >= 4 is 5.91 Å². The van der Waals surface area contributed by atoms with Gasteiger partial charge < -0.3 is 19.9 Å². The zero-order valence-electron chi connectivity index (χ0n) is 15.5. The van der Waals surface area contributed by atoms with Crippen LogP contribution in [-0.2, 0) is 22.6 Å². The molecular formula is C19H26N4O4. The molecule has 0 bridgehead atoms. The van der Waals surface area contributed by atoms with Gasteiger partial charge in [0.15, 0.2) is 0 Å². The Bertz CT molecular complexity index is 722. The third-order valence-corrected chi connectivity index (χ3v) is 4.71. The van der Waals surface area contributed by atoms with Crippen molar-refractivity contribution in [2.45, 2.75) is 50.7 Å². The predicted molar refractivity (Wildman–Crippen MR) is 98.0 cm³/mol. The Labute approximate surface area is 158 Å². The fourth-order valence-electron chi connectivity index (χ4n) is 3.29. The summed E-state index contributed by atoms with van der Waals surface area (Å²) in [4.78, 5) is 12.3. The van der Waals surface area contributed by atoms with Crippen molar-refractivity contribution in [2.24, 2.45) is 0 Å². The van der Waals surface area contributed by atoms with E-state index in [1.165, 1.54) is 0 Å². The Hall–Kier alpha value is -2.29. The molecule has 8 nitrogen and oxygen atoms in total. The predicted octanol–water partition coefficient (Wildman–Crippen LogP) is 1.15. The van der Waals surface area contributed by atoms with Crippen LogP contribution in [0.5, 0.6) is 0 Å². The summed E-state index contributed by atoms with van der Waals surface area (Å²) in [6.45, 7) is 0.993. The number of nitrogens with zero attached hydrogens (tertiary/aromatic N) is 3. The molecule has 0 saturated carbocycles. The van der Waals surface area contributed by atoms with Crippen LogP contribution < -0.4 is 5.32 Å². The van der Waals surface area contributed by atoms with Crippen LogP contribution in [0.25, 0.3) is 0 Å². The maximum absolute atomic E-state index is 12.3. The Morgan fingerprint density at radius 1 is 1.37 bits per heavy atom. The van der Waals surface area contributed by atoms with Gasteiger partial charge in [-0.25, -0.2) is 0 Å². The van der Waals surface area contributed by atoms with Gasteiger partial charge in [-0.1, -0.05) is 23.4 Å². The number of hydrogen-bond donors (Lipinski definition) is 2. The van der Waals surface area contributed by atoms with E-state index in [2.05, 4.69) is 15.6 Å². The second-order valence-corrected chi connectivity index (χ2v) is 6.70. The van der Waals surface area contributed by atoms with Crippen molar-refractivity contribution in [3.05, 3.63) is 47.8 Å². The van der Waals surface area contributed by atoms with E-state index < -0.39 is 6.10 Å². The molecule has 2 aromatic rings. The fourth-order valence-corrected chi connectivity index (χ4v) is 3.29. The summed E-state index contributed by atoms with van der Waals surface area (Å²) >= 11 is 0. The van der Waals surface area contributed by atoms with Crippen molar-refractivity contribution in [1.29, 1.82) is 0 Å². The highest BCUT2D eigenvalue weighted by Crippen LogP contribution is 2.22. The van der Waals surface area contributed by atoms with E-state index in [-0.39, 0.29) is 24.7 Å². The van der Waals surface area contributed by atoms with Gasteiger partial charge in [0.05, 0.1) is 31.6 Å². The summed E-state index contributed by atoms with van der Waals surface area (Å²) in [5.41, 5.74) is 1.40. The number of nitrogens with one attached hydrogen (secondary N) is 1. The topological polar surface area (TPSA) is 98.5 Å². The second-order valence-electron chi connectivity index (χ2n) is 6.70. The molecular weight excluding hydrogens is 348 g/mol. The first-order valence-electron chi connectivity index (χ1n) is 9.19. The number of carbonyl (C=O) groups is 1. The van der Waals surface area contributed by atoms with Crippen LogP contribution in [0.15, 0.2) is 36.5 Å². The first kappa shape index (κ1) is 19.5. The molecule has 1 aliphatic rings. The van der Waals surface area contributed by atoms with E-state index in [4.69, 9.17) is 9.47 Å². The fraction of sp³-hybridized carbons (Fsp3) is 0.526. The van der Waals surface area contributed by atoms with Crippen LogP contribution in [0.4, 0.5) is 0 Å². The van der Waals surface area contributed by atoms with Gasteiger partial charge in [-0.05, 0) is 31.4 Å². The maximum atomic E-state index is 12.3. The van der Waals surface area contributed by atoms with Crippen LogP contribution in [0.2, 0.25) is 0 Å². The van der Waals surface area contributed by atoms with Gasteiger partial charge >= 0.3 is 0 Å². The highest BCUT2D eigenvalue weighted by molar-refractivity contribution is 5.94. The van der Waals surface area contributed by atoms with Gasteiger partial charge in [-0.3, -0.25) is 9.48 Å². The number of methoxy groups -OCH3 is 1. The number of carbonyl (C=O) groups excluding carboxylic acids is 1. The Morgan fingerprint density at radius 3 is 2.93 bits per heavy atom. The van der Waals surface area contributed by atoms with Gasteiger partial charge in [0.25, 0.3) is 5.91 Å². The smallest absolute Gasteiger partial charge is 0.251 e. The third-order valence-electron chi connectivity index (χ3n) is 4.71. The van der Waals surface area contributed by atoms with E-state index in [1.54, 1.807) is 23.9 Å². The van der Waals surface area contributed by atoms with Crippen molar-refractivity contribution in [1.82, 2.24) is 20.3 Å². The van der Waals surface area contributed by atoms with Crippen LogP contribution >= 0.6 is 0 Å². The molecule has 1 aromatic heterocycles. The Kier molecular flexibility index (Phi) is 6.92. The number of aromatic nitrogens is 3. The molecule has 1 amide bonds. The van der Waals surface area contributed by atoms with E-state index in [0.29, 0.717) is 18.7 Å². The normalized spacial score (nSPS) is 22.5. The third kappa shape index (κ3) is 5.35. The van der Waals surface area contributed by atoms with Gasteiger partial charge in [0.2, 0.25) is 0 Å². The minimum Gasteiger partial charge on any atom is -0.394 e. The second kappa shape index (κ2) is 9.59. The highest BCUT2D eigenvalue weighted by Gasteiger charge is 2.32. The van der Waals surface area contributed by atoms with Crippen molar-refractivity contribution in [2.75, 3.05) is 13.7 Å². The number of hydrogen-bond acceptors (Lipinski definition) is 6. The molecule has 1 aromatic carbocycles. The molecule has 27 heavy (non-hydrogen) atoms. The number of rotatable bonds is 8. The number of benzene rings is 1. The maximum Gasteiger partial charge on any atom is 0.251 e. The minimum atomic E-state index is -0.406. The molecule has 0 spiro atoms. The highest BCUT2D eigenvalue weighted by atomic mass is 16.5. The summed E-state index contributed by atoms with van der Waals surface area (Å²) in [6, 6.07) is 8.87. The lowest BCUT2D eigenvalue weighted by molar-refractivity contribution is -0.0912. The summed E-state index contributed by atoms with van der Waals surface area (Å²) in [6.07, 6.45) is 3.82. The van der Waals surface area contributed by atoms with Crippen LogP contribution in [0, 0.1) is 0 Å². The number of aliphatic hydroxyl groups excluding tert-OH is 1. The zero-order chi connectivity index (χ0) is 19.1. The Balaban J connectivity index is 1.49. The molecule has 1 aliphatic heterocycles. The van der Waals surface area contributed by atoms with Gasteiger partial charge in [-0.2, -0.15) is 0 Å². The van der Waals surface area contributed by atoms with Crippen molar-refractivity contribution < 1.29 is 19.4 Å². The average Bonchev–Trinajstić information content (AvgIpc) is 3.15. The van der Waals surface area contributed by atoms with E-state index in [0.717, 1.165) is 25.0 Å². The number of aliphatic hydroxyl groups is 1. The SMILES string of the molecule is COCc1cn(CC[C@@H]2CC[C@H](NC(=O)c3ccccc3)[C@@H](CO)O2)nn1. The number of aryl methyl sites for hydroxylation is 1. The lowest BCUT2D eigenvalue weighted by atomic mass is 9.96. The summed E-state index contributed by atoms with van der Waals surface area (Å²) in [5.74, 6) is -0.144. The lowest BCUT2D eigenvalue weighted by Gasteiger charge is -2.36. The quantitative estimate of drug-likeness (QED) is 0.719.